The summed E-state index contributed by atoms with van der Waals surface area (Å²) in [5, 5.41) is 1.36. The molecule has 1 heterocycles. The Balaban J connectivity index is 1.84. The molecule has 1 amide bonds. The van der Waals surface area contributed by atoms with E-state index in [4.69, 9.17) is 5.73 Å². The van der Waals surface area contributed by atoms with Gasteiger partial charge in [0.1, 0.15) is 11.7 Å². The summed E-state index contributed by atoms with van der Waals surface area (Å²) < 4.78 is 14.1. The molecule has 0 saturated heterocycles. The molecule has 5 nitrogen and oxygen atoms in total. The number of hydrogen-bond donors (Lipinski definition) is 2. The molecule has 122 valence electrons. The maximum atomic E-state index is 14.1. The van der Waals surface area contributed by atoms with E-state index < -0.39 is 5.82 Å². The molecule has 2 aromatic rings. The van der Waals surface area contributed by atoms with Crippen LogP contribution in [-0.4, -0.2) is 23.3 Å². The molecule has 3 rings (SSSR count). The van der Waals surface area contributed by atoms with E-state index in [2.05, 4.69) is 17.0 Å². The van der Waals surface area contributed by atoms with Crippen molar-refractivity contribution < 1.29 is 9.18 Å². The van der Waals surface area contributed by atoms with E-state index >= 15 is 0 Å². The van der Waals surface area contributed by atoms with Crippen LogP contribution in [0.15, 0.2) is 60.1 Å². The predicted octanol–water partition coefficient (Wildman–Crippen LogP) is 2.37. The van der Waals surface area contributed by atoms with Gasteiger partial charge in [-0.3, -0.25) is 10.2 Å². The molecular formula is C18H17FN4O. The first-order chi connectivity index (χ1) is 11.6. The van der Waals surface area contributed by atoms with E-state index in [-0.39, 0.29) is 24.4 Å². The molecule has 0 atom stereocenters. The van der Waals surface area contributed by atoms with Crippen LogP contribution in [0.5, 0.6) is 0 Å². The molecule has 0 aromatic heterocycles. The number of amidine groups is 1. The average Bonchev–Trinajstić information content (AvgIpc) is 2.58. The van der Waals surface area contributed by atoms with Gasteiger partial charge in [0.2, 0.25) is 5.91 Å². The van der Waals surface area contributed by atoms with Gasteiger partial charge in [0.05, 0.1) is 29.9 Å². The lowest BCUT2D eigenvalue weighted by Gasteiger charge is -2.32. The molecule has 0 fully saturated rings. The van der Waals surface area contributed by atoms with Crippen molar-refractivity contribution in [3.63, 3.8) is 0 Å². The number of carbonyl (C=O) groups excluding carboxylic acids is 1. The first-order valence-corrected chi connectivity index (χ1v) is 7.49. The fourth-order valence-electron chi connectivity index (χ4n) is 2.56. The number of nitrogens with two attached hydrogens (primary N) is 1. The molecule has 0 spiro atoms. The van der Waals surface area contributed by atoms with Crippen molar-refractivity contribution in [3.8, 4) is 0 Å². The minimum absolute atomic E-state index is 0.0839. The maximum absolute atomic E-state index is 14.1. The van der Waals surface area contributed by atoms with Gasteiger partial charge >= 0.3 is 0 Å². The third-order valence-electron chi connectivity index (χ3n) is 3.68. The Morgan fingerprint density at radius 3 is 2.67 bits per heavy atom. The van der Waals surface area contributed by atoms with Gasteiger partial charge in [0.25, 0.3) is 0 Å². The van der Waals surface area contributed by atoms with Crippen molar-refractivity contribution in [2.24, 2.45) is 10.7 Å². The van der Waals surface area contributed by atoms with E-state index in [1.54, 1.807) is 12.1 Å². The summed E-state index contributed by atoms with van der Waals surface area (Å²) in [6, 6.07) is 13.9. The zero-order valence-corrected chi connectivity index (χ0v) is 13.0. The predicted molar refractivity (Wildman–Crippen MR) is 91.7 cm³/mol. The Kier molecular flexibility index (Phi) is 4.39. The largest absolute Gasteiger partial charge is 0.324 e. The molecule has 0 radical (unpaired) electrons. The third kappa shape index (κ3) is 3.04. The van der Waals surface area contributed by atoms with E-state index in [1.807, 2.05) is 30.3 Å². The molecule has 2 aromatic carbocycles. The standard InChI is InChI=1S/C18H17FN4O/c1-12-18-14(19)8-5-9-15(18)21-16(11-20)23(12)22-17(24)10-13-6-3-2-4-7-13/h2-9H,1,10-11,20H2,(H,22,24). The summed E-state index contributed by atoms with van der Waals surface area (Å²) in [5.74, 6) is -0.303. The van der Waals surface area contributed by atoms with Gasteiger partial charge in [-0.05, 0) is 17.7 Å². The van der Waals surface area contributed by atoms with Crippen LogP contribution in [0, 0.1) is 5.82 Å². The van der Waals surface area contributed by atoms with Crippen LogP contribution in [0.4, 0.5) is 10.1 Å². The summed E-state index contributed by atoms with van der Waals surface area (Å²) >= 11 is 0. The minimum atomic E-state index is -0.445. The fraction of sp³-hybridized carbons (Fsp3) is 0.111. The number of nitrogens with one attached hydrogen (secondary N) is 1. The van der Waals surface area contributed by atoms with Crippen LogP contribution in [0.25, 0.3) is 5.70 Å². The van der Waals surface area contributed by atoms with E-state index in [0.29, 0.717) is 17.2 Å². The summed E-state index contributed by atoms with van der Waals surface area (Å²) in [7, 11) is 0. The number of amides is 1. The number of benzene rings is 2. The zero-order chi connectivity index (χ0) is 17.1. The van der Waals surface area contributed by atoms with Gasteiger partial charge in [0.15, 0.2) is 0 Å². The highest BCUT2D eigenvalue weighted by atomic mass is 19.1. The SMILES string of the molecule is C=C1c2c(F)cccc2N=C(CN)N1NC(=O)Cc1ccccc1. The molecular weight excluding hydrogens is 307 g/mol. The smallest absolute Gasteiger partial charge is 0.243 e. The molecule has 0 aliphatic carbocycles. The molecule has 3 N–H and O–H groups in total. The number of hydrogen-bond acceptors (Lipinski definition) is 4. The number of rotatable bonds is 4. The van der Waals surface area contributed by atoms with Crippen LogP contribution < -0.4 is 11.2 Å². The Morgan fingerprint density at radius 2 is 1.96 bits per heavy atom. The number of nitrogens with zero attached hydrogens (tertiary/aromatic N) is 2. The number of carbonyl (C=O) groups is 1. The highest BCUT2D eigenvalue weighted by molar-refractivity contribution is 6.00. The molecule has 0 bridgehead atoms. The fourth-order valence-corrected chi connectivity index (χ4v) is 2.56. The Labute approximate surface area is 139 Å². The molecule has 6 heteroatoms. The minimum Gasteiger partial charge on any atom is -0.324 e. The van der Waals surface area contributed by atoms with Crippen LogP contribution in [0.3, 0.4) is 0 Å². The average molecular weight is 324 g/mol. The maximum Gasteiger partial charge on any atom is 0.243 e. The summed E-state index contributed by atoms with van der Waals surface area (Å²) in [4.78, 5) is 16.6. The van der Waals surface area contributed by atoms with Crippen molar-refractivity contribution in [1.82, 2.24) is 10.4 Å². The van der Waals surface area contributed by atoms with Crippen molar-refractivity contribution in [1.29, 1.82) is 0 Å². The number of aliphatic imine (C=N–C) groups is 1. The van der Waals surface area contributed by atoms with Crippen LogP contribution in [0.2, 0.25) is 0 Å². The molecule has 0 unspecified atom stereocenters. The topological polar surface area (TPSA) is 70.7 Å². The molecule has 1 aliphatic rings. The first-order valence-electron chi connectivity index (χ1n) is 7.49. The van der Waals surface area contributed by atoms with Crippen LogP contribution in [-0.2, 0) is 11.2 Å². The Hall–Kier alpha value is -2.99. The number of halogens is 1. The second-order valence-electron chi connectivity index (χ2n) is 5.35. The van der Waals surface area contributed by atoms with Crippen LogP contribution >= 0.6 is 0 Å². The summed E-state index contributed by atoms with van der Waals surface area (Å²) in [6.45, 7) is 3.97. The third-order valence-corrected chi connectivity index (χ3v) is 3.68. The van der Waals surface area contributed by atoms with Crippen LogP contribution in [0.1, 0.15) is 11.1 Å². The lowest BCUT2D eigenvalue weighted by Crippen LogP contribution is -2.48. The van der Waals surface area contributed by atoms with Gasteiger partial charge in [-0.25, -0.2) is 14.4 Å². The Morgan fingerprint density at radius 1 is 1.21 bits per heavy atom. The van der Waals surface area contributed by atoms with Gasteiger partial charge in [-0.2, -0.15) is 0 Å². The second-order valence-corrected chi connectivity index (χ2v) is 5.35. The van der Waals surface area contributed by atoms with Crippen molar-refractivity contribution in [2.45, 2.75) is 6.42 Å². The van der Waals surface area contributed by atoms with Gasteiger partial charge in [-0.15, -0.1) is 0 Å². The molecule has 1 aliphatic heterocycles. The summed E-state index contributed by atoms with van der Waals surface area (Å²) in [5.41, 5.74) is 10.3. The van der Waals surface area contributed by atoms with Crippen molar-refractivity contribution in [2.75, 3.05) is 6.54 Å². The second kappa shape index (κ2) is 6.64. The Bertz CT molecular complexity index is 817. The molecule has 0 saturated carbocycles. The first kappa shape index (κ1) is 15.9. The normalized spacial score (nSPS) is 13.3. The van der Waals surface area contributed by atoms with E-state index in [1.165, 1.54) is 11.1 Å². The zero-order valence-electron chi connectivity index (χ0n) is 13.0. The van der Waals surface area contributed by atoms with Crippen molar-refractivity contribution in [3.05, 3.63) is 72.1 Å². The lowest BCUT2D eigenvalue weighted by molar-refractivity contribution is -0.122. The van der Waals surface area contributed by atoms with E-state index in [0.717, 1.165) is 5.56 Å². The quantitative estimate of drug-likeness (QED) is 0.907. The molecule has 24 heavy (non-hydrogen) atoms. The number of hydrazine groups is 1. The van der Waals surface area contributed by atoms with Gasteiger partial charge in [0, 0.05) is 0 Å². The monoisotopic (exact) mass is 324 g/mol. The summed E-state index contributed by atoms with van der Waals surface area (Å²) in [6.07, 6.45) is 0.187. The highest BCUT2D eigenvalue weighted by Gasteiger charge is 2.26. The van der Waals surface area contributed by atoms with Gasteiger partial charge < -0.3 is 5.73 Å². The number of fused-ring (bicyclic) bond motifs is 1. The van der Waals surface area contributed by atoms with Gasteiger partial charge in [-0.1, -0.05) is 43.0 Å². The van der Waals surface area contributed by atoms with Crippen molar-refractivity contribution >= 4 is 23.1 Å². The highest BCUT2D eigenvalue weighted by Crippen LogP contribution is 2.33. The lowest BCUT2D eigenvalue weighted by atomic mass is 10.1. The van der Waals surface area contributed by atoms with E-state index in [9.17, 15) is 9.18 Å².